The second-order valence-electron chi connectivity index (χ2n) is 5.07. The standard InChI is InChI=1S/C18H18ClN3O2/c19-15-7-6-14(13-20)17(12-15)18(24)22(10-8-21-9-11-23)16-4-2-1-3-5-16/h1-7,12,21,23H,8-11H2. The molecule has 0 unspecified atom stereocenters. The zero-order valence-corrected chi connectivity index (χ0v) is 13.8. The van der Waals surface area contributed by atoms with Crippen LogP contribution in [-0.4, -0.2) is 37.3 Å². The number of benzene rings is 2. The average Bonchev–Trinajstić information content (AvgIpc) is 2.62. The summed E-state index contributed by atoms with van der Waals surface area (Å²) in [5, 5.41) is 21.5. The molecule has 0 fully saturated rings. The fourth-order valence-corrected chi connectivity index (χ4v) is 2.46. The highest BCUT2D eigenvalue weighted by Gasteiger charge is 2.20. The first-order valence-corrected chi connectivity index (χ1v) is 7.93. The molecule has 1 amide bonds. The molecule has 0 aliphatic carbocycles. The number of nitriles is 1. The van der Waals surface area contributed by atoms with E-state index in [2.05, 4.69) is 5.32 Å². The molecule has 5 nitrogen and oxygen atoms in total. The number of nitrogens with one attached hydrogen (secondary N) is 1. The summed E-state index contributed by atoms with van der Waals surface area (Å²) in [6, 6.07) is 15.9. The molecule has 6 heteroatoms. The van der Waals surface area contributed by atoms with Crippen molar-refractivity contribution in [2.45, 2.75) is 0 Å². The summed E-state index contributed by atoms with van der Waals surface area (Å²) < 4.78 is 0. The van der Waals surface area contributed by atoms with Crippen molar-refractivity contribution in [2.75, 3.05) is 31.1 Å². The predicted octanol–water partition coefficient (Wildman–Crippen LogP) is 2.44. The molecule has 2 rings (SSSR count). The summed E-state index contributed by atoms with van der Waals surface area (Å²) in [5.41, 5.74) is 1.29. The third-order valence-corrected chi connectivity index (χ3v) is 3.68. The number of aliphatic hydroxyl groups is 1. The minimum atomic E-state index is -0.286. The van der Waals surface area contributed by atoms with Gasteiger partial charge in [0.1, 0.15) is 0 Å². The number of para-hydroxylation sites is 1. The summed E-state index contributed by atoms with van der Waals surface area (Å²) >= 11 is 5.99. The highest BCUT2D eigenvalue weighted by atomic mass is 35.5. The number of hydrogen-bond donors (Lipinski definition) is 2. The summed E-state index contributed by atoms with van der Waals surface area (Å²) in [4.78, 5) is 14.6. The lowest BCUT2D eigenvalue weighted by Crippen LogP contribution is -2.38. The summed E-state index contributed by atoms with van der Waals surface area (Å²) in [7, 11) is 0. The van der Waals surface area contributed by atoms with E-state index in [1.165, 1.54) is 6.07 Å². The van der Waals surface area contributed by atoms with Gasteiger partial charge in [0.15, 0.2) is 0 Å². The number of anilines is 1. The van der Waals surface area contributed by atoms with Crippen LogP contribution in [0, 0.1) is 11.3 Å². The van der Waals surface area contributed by atoms with Crippen LogP contribution in [0.2, 0.25) is 5.02 Å². The third-order valence-electron chi connectivity index (χ3n) is 3.45. The normalized spacial score (nSPS) is 10.2. The zero-order chi connectivity index (χ0) is 17.4. The molecular weight excluding hydrogens is 326 g/mol. The Bertz CT molecular complexity index is 729. The highest BCUT2D eigenvalue weighted by molar-refractivity contribution is 6.31. The third kappa shape index (κ3) is 4.56. The molecule has 0 saturated carbocycles. The number of carbonyl (C=O) groups excluding carboxylic acids is 1. The fraction of sp³-hybridized carbons (Fsp3) is 0.222. The van der Waals surface area contributed by atoms with Gasteiger partial charge >= 0.3 is 0 Å². The fourth-order valence-electron chi connectivity index (χ4n) is 2.29. The molecule has 0 spiro atoms. The van der Waals surface area contributed by atoms with Crippen molar-refractivity contribution in [3.8, 4) is 6.07 Å². The summed E-state index contributed by atoms with van der Waals surface area (Å²) in [6.45, 7) is 1.41. The maximum atomic E-state index is 13.0. The quantitative estimate of drug-likeness (QED) is 0.757. The Balaban J connectivity index is 2.31. The minimum Gasteiger partial charge on any atom is -0.395 e. The number of aliphatic hydroxyl groups excluding tert-OH is 1. The van der Waals surface area contributed by atoms with Crippen molar-refractivity contribution < 1.29 is 9.90 Å². The molecule has 0 saturated heterocycles. The van der Waals surface area contributed by atoms with Gasteiger partial charge in [0.25, 0.3) is 5.91 Å². The Morgan fingerprint density at radius 1 is 1.21 bits per heavy atom. The highest BCUT2D eigenvalue weighted by Crippen LogP contribution is 2.21. The number of nitrogens with zero attached hydrogens (tertiary/aromatic N) is 2. The second kappa shape index (κ2) is 9.04. The van der Waals surface area contributed by atoms with Crippen molar-refractivity contribution >= 4 is 23.2 Å². The molecule has 0 aliphatic heterocycles. The number of rotatable bonds is 7. The van der Waals surface area contributed by atoms with Gasteiger partial charge in [-0.15, -0.1) is 0 Å². The lowest BCUT2D eigenvalue weighted by molar-refractivity contribution is 0.0987. The lowest BCUT2D eigenvalue weighted by atomic mass is 10.1. The Morgan fingerprint density at radius 3 is 2.62 bits per heavy atom. The number of halogens is 1. The van der Waals surface area contributed by atoms with Crippen LogP contribution in [0.1, 0.15) is 15.9 Å². The SMILES string of the molecule is N#Cc1ccc(Cl)cc1C(=O)N(CCNCCO)c1ccccc1. The summed E-state index contributed by atoms with van der Waals surface area (Å²) in [6.07, 6.45) is 0. The predicted molar refractivity (Wildman–Crippen MR) is 94.2 cm³/mol. The van der Waals surface area contributed by atoms with E-state index in [9.17, 15) is 10.1 Å². The Labute approximate surface area is 146 Å². The van der Waals surface area contributed by atoms with E-state index in [0.717, 1.165) is 5.69 Å². The van der Waals surface area contributed by atoms with Crippen molar-refractivity contribution in [3.05, 3.63) is 64.7 Å². The Hall–Kier alpha value is -2.39. The van der Waals surface area contributed by atoms with E-state index >= 15 is 0 Å². The van der Waals surface area contributed by atoms with Gasteiger partial charge in [-0.3, -0.25) is 4.79 Å². The van der Waals surface area contributed by atoms with Crippen LogP contribution in [0.4, 0.5) is 5.69 Å². The van der Waals surface area contributed by atoms with Crippen LogP contribution in [0.3, 0.4) is 0 Å². The largest absolute Gasteiger partial charge is 0.395 e. The molecular formula is C18H18ClN3O2. The van der Waals surface area contributed by atoms with Crippen LogP contribution >= 0.6 is 11.6 Å². The number of amides is 1. The smallest absolute Gasteiger partial charge is 0.259 e. The van der Waals surface area contributed by atoms with Gasteiger partial charge in [-0.2, -0.15) is 5.26 Å². The van der Waals surface area contributed by atoms with Crippen LogP contribution in [0.15, 0.2) is 48.5 Å². The van der Waals surface area contributed by atoms with Gasteiger partial charge in [0, 0.05) is 30.3 Å². The minimum absolute atomic E-state index is 0.0339. The van der Waals surface area contributed by atoms with Gasteiger partial charge in [-0.05, 0) is 30.3 Å². The monoisotopic (exact) mass is 343 g/mol. The van der Waals surface area contributed by atoms with Crippen LogP contribution in [0.5, 0.6) is 0 Å². The Kier molecular flexibility index (Phi) is 6.76. The van der Waals surface area contributed by atoms with Crippen LogP contribution in [-0.2, 0) is 0 Å². The van der Waals surface area contributed by atoms with Crippen molar-refractivity contribution in [1.29, 1.82) is 5.26 Å². The lowest BCUT2D eigenvalue weighted by Gasteiger charge is -2.23. The molecule has 0 radical (unpaired) electrons. The molecule has 0 aromatic heterocycles. The molecule has 0 heterocycles. The van der Waals surface area contributed by atoms with E-state index < -0.39 is 0 Å². The van der Waals surface area contributed by atoms with Crippen molar-refractivity contribution in [2.24, 2.45) is 0 Å². The molecule has 0 aliphatic rings. The van der Waals surface area contributed by atoms with E-state index in [-0.39, 0.29) is 23.6 Å². The average molecular weight is 344 g/mol. The first-order chi connectivity index (χ1) is 11.7. The zero-order valence-electron chi connectivity index (χ0n) is 13.1. The number of hydrogen-bond acceptors (Lipinski definition) is 4. The Morgan fingerprint density at radius 2 is 1.96 bits per heavy atom. The first kappa shape index (κ1) is 18.0. The molecule has 2 N–H and O–H groups in total. The number of carbonyl (C=O) groups is 1. The van der Waals surface area contributed by atoms with Crippen LogP contribution < -0.4 is 10.2 Å². The molecule has 124 valence electrons. The van der Waals surface area contributed by atoms with E-state index in [4.69, 9.17) is 16.7 Å². The van der Waals surface area contributed by atoms with E-state index in [0.29, 0.717) is 24.7 Å². The van der Waals surface area contributed by atoms with Crippen LogP contribution in [0.25, 0.3) is 0 Å². The van der Waals surface area contributed by atoms with Gasteiger partial charge < -0.3 is 15.3 Å². The topological polar surface area (TPSA) is 76.4 Å². The summed E-state index contributed by atoms with van der Waals surface area (Å²) in [5.74, 6) is -0.286. The van der Waals surface area contributed by atoms with Crippen molar-refractivity contribution in [3.63, 3.8) is 0 Å². The van der Waals surface area contributed by atoms with E-state index in [1.807, 2.05) is 36.4 Å². The maximum Gasteiger partial charge on any atom is 0.259 e. The molecule has 2 aromatic rings. The molecule has 0 bridgehead atoms. The van der Waals surface area contributed by atoms with Gasteiger partial charge in [0.05, 0.1) is 23.8 Å². The van der Waals surface area contributed by atoms with Gasteiger partial charge in [-0.1, -0.05) is 29.8 Å². The maximum absolute atomic E-state index is 13.0. The van der Waals surface area contributed by atoms with Gasteiger partial charge in [0.2, 0.25) is 0 Å². The molecule has 2 aromatic carbocycles. The molecule has 24 heavy (non-hydrogen) atoms. The van der Waals surface area contributed by atoms with Gasteiger partial charge in [-0.25, -0.2) is 0 Å². The first-order valence-electron chi connectivity index (χ1n) is 7.55. The molecule has 0 atom stereocenters. The second-order valence-corrected chi connectivity index (χ2v) is 5.50. The van der Waals surface area contributed by atoms with Crippen molar-refractivity contribution in [1.82, 2.24) is 5.32 Å². The van der Waals surface area contributed by atoms with E-state index in [1.54, 1.807) is 17.0 Å².